The van der Waals surface area contributed by atoms with E-state index in [1.165, 1.54) is 43.5 Å². The summed E-state index contributed by atoms with van der Waals surface area (Å²) in [4.78, 5) is 30.6. The first-order valence-electron chi connectivity index (χ1n) is 11.7. The Labute approximate surface area is 184 Å². The van der Waals surface area contributed by atoms with Gasteiger partial charge in [0.05, 0.1) is 6.61 Å². The highest BCUT2D eigenvalue weighted by Crippen LogP contribution is 2.43. The Morgan fingerprint density at radius 1 is 1.13 bits per heavy atom. The van der Waals surface area contributed by atoms with Crippen LogP contribution in [0.4, 0.5) is 4.39 Å². The van der Waals surface area contributed by atoms with Gasteiger partial charge < -0.3 is 15.0 Å². The minimum atomic E-state index is -0.743. The molecule has 31 heavy (non-hydrogen) atoms. The highest BCUT2D eigenvalue weighted by molar-refractivity contribution is 5.98. The van der Waals surface area contributed by atoms with Crippen molar-refractivity contribution in [2.24, 2.45) is 5.92 Å². The minimum Gasteiger partial charge on any atom is -0.353 e. The summed E-state index contributed by atoms with van der Waals surface area (Å²) in [5, 5.41) is 3.03. The molecule has 0 bridgehead atoms. The molecule has 0 radical (unpaired) electrons. The molecule has 2 heterocycles. The number of hydrogen-bond acceptors (Lipinski definition) is 4. The lowest BCUT2D eigenvalue weighted by atomic mass is 9.83. The SMILES string of the molecule is CC1CCC2(CC1)OC[C@H](C(=O)NCCN1CCCCC1)N2C(=O)c1ccc(F)cc1. The number of hydrogen-bond donors (Lipinski definition) is 1. The maximum atomic E-state index is 13.5. The second kappa shape index (κ2) is 9.65. The Bertz CT molecular complexity index is 771. The van der Waals surface area contributed by atoms with Crippen molar-refractivity contribution in [1.29, 1.82) is 0 Å². The number of nitrogens with one attached hydrogen (secondary N) is 1. The van der Waals surface area contributed by atoms with E-state index in [9.17, 15) is 14.0 Å². The Morgan fingerprint density at radius 3 is 2.48 bits per heavy atom. The van der Waals surface area contributed by atoms with Gasteiger partial charge in [0.15, 0.2) is 0 Å². The summed E-state index contributed by atoms with van der Waals surface area (Å²) in [5.74, 6) is -0.233. The summed E-state index contributed by atoms with van der Waals surface area (Å²) in [5.41, 5.74) is -0.358. The number of carbonyl (C=O) groups is 2. The number of benzene rings is 1. The van der Waals surface area contributed by atoms with E-state index in [2.05, 4.69) is 17.1 Å². The summed E-state index contributed by atoms with van der Waals surface area (Å²) >= 11 is 0. The van der Waals surface area contributed by atoms with E-state index in [4.69, 9.17) is 4.74 Å². The average molecular weight is 432 g/mol. The molecular formula is C24H34FN3O3. The molecule has 1 atom stereocenters. The molecule has 2 aliphatic heterocycles. The van der Waals surface area contributed by atoms with E-state index < -0.39 is 11.8 Å². The Kier molecular flexibility index (Phi) is 6.92. The summed E-state index contributed by atoms with van der Waals surface area (Å²) in [6.07, 6.45) is 7.06. The van der Waals surface area contributed by atoms with Crippen LogP contribution in [0, 0.1) is 11.7 Å². The summed E-state index contributed by atoms with van der Waals surface area (Å²) in [6, 6.07) is 4.88. The first-order chi connectivity index (χ1) is 15.0. The van der Waals surface area contributed by atoms with Crippen molar-refractivity contribution in [3.8, 4) is 0 Å². The van der Waals surface area contributed by atoms with E-state index in [0.29, 0.717) is 18.0 Å². The zero-order valence-electron chi connectivity index (χ0n) is 18.4. The molecule has 0 unspecified atom stereocenters. The molecule has 0 aromatic heterocycles. The van der Waals surface area contributed by atoms with E-state index in [0.717, 1.165) is 45.3 Å². The van der Waals surface area contributed by atoms with E-state index in [1.54, 1.807) is 4.90 Å². The van der Waals surface area contributed by atoms with E-state index in [-0.39, 0.29) is 24.2 Å². The highest BCUT2D eigenvalue weighted by Gasteiger charge is 2.53. The third-order valence-electron chi connectivity index (χ3n) is 7.10. The Balaban J connectivity index is 1.47. The second-order valence-electron chi connectivity index (χ2n) is 9.33. The van der Waals surface area contributed by atoms with Gasteiger partial charge in [0, 0.05) is 18.7 Å². The van der Waals surface area contributed by atoms with Crippen LogP contribution >= 0.6 is 0 Å². The molecular weight excluding hydrogens is 397 g/mol. The van der Waals surface area contributed by atoms with Crippen molar-refractivity contribution in [1.82, 2.24) is 15.1 Å². The lowest BCUT2D eigenvalue weighted by molar-refractivity contribution is -0.127. The molecule has 6 nitrogen and oxygen atoms in total. The zero-order chi connectivity index (χ0) is 21.8. The number of nitrogens with zero attached hydrogens (tertiary/aromatic N) is 2. The molecule has 170 valence electrons. The van der Waals surface area contributed by atoms with E-state index >= 15 is 0 Å². The third-order valence-corrected chi connectivity index (χ3v) is 7.10. The predicted octanol–water partition coefficient (Wildman–Crippen LogP) is 3.18. The number of rotatable bonds is 5. The molecule has 7 heteroatoms. The number of ether oxygens (including phenoxy) is 1. The number of carbonyl (C=O) groups excluding carboxylic acids is 2. The van der Waals surface area contributed by atoms with Crippen molar-refractivity contribution in [2.75, 3.05) is 32.8 Å². The molecule has 2 amide bonds. The van der Waals surface area contributed by atoms with Crippen LogP contribution in [0.1, 0.15) is 62.2 Å². The van der Waals surface area contributed by atoms with Gasteiger partial charge in [0.1, 0.15) is 17.6 Å². The number of piperidine rings is 1. The molecule has 1 aromatic carbocycles. The standard InChI is InChI=1S/C24H34FN3O3/c1-18-9-11-24(12-10-18)28(23(30)19-5-7-20(25)8-6-19)21(17-31-24)22(29)26-13-16-27-14-3-2-4-15-27/h5-8,18,21H,2-4,9-17H2,1H3,(H,26,29)/t18?,21-,24?/m1/s1. The van der Waals surface area contributed by atoms with Gasteiger partial charge >= 0.3 is 0 Å². The normalized spacial score (nSPS) is 29.3. The van der Waals surface area contributed by atoms with Gasteiger partial charge in [-0.2, -0.15) is 0 Å². The topological polar surface area (TPSA) is 61.9 Å². The highest BCUT2D eigenvalue weighted by atomic mass is 19.1. The molecule has 1 aliphatic carbocycles. The number of amides is 2. The molecule has 1 saturated carbocycles. The summed E-state index contributed by atoms with van der Waals surface area (Å²) in [6.45, 7) is 5.97. The van der Waals surface area contributed by atoms with Gasteiger partial charge in [-0.05, 0) is 81.8 Å². The van der Waals surface area contributed by atoms with Crippen LogP contribution in [0.5, 0.6) is 0 Å². The Morgan fingerprint density at radius 2 is 1.81 bits per heavy atom. The quantitative estimate of drug-likeness (QED) is 0.778. The Hall–Kier alpha value is -1.99. The van der Waals surface area contributed by atoms with Crippen molar-refractivity contribution in [2.45, 2.75) is 63.6 Å². The van der Waals surface area contributed by atoms with Crippen LogP contribution in [0.3, 0.4) is 0 Å². The monoisotopic (exact) mass is 431 g/mol. The molecule has 2 saturated heterocycles. The van der Waals surface area contributed by atoms with Gasteiger partial charge in [0.25, 0.3) is 5.91 Å². The van der Waals surface area contributed by atoms with Crippen molar-refractivity contribution in [3.05, 3.63) is 35.6 Å². The summed E-state index contributed by atoms with van der Waals surface area (Å²) < 4.78 is 19.6. The maximum Gasteiger partial charge on any atom is 0.256 e. The fraction of sp³-hybridized carbons (Fsp3) is 0.667. The largest absolute Gasteiger partial charge is 0.353 e. The lowest BCUT2D eigenvalue weighted by Crippen LogP contribution is -2.57. The third kappa shape index (κ3) is 4.93. The molecule has 3 aliphatic rings. The van der Waals surface area contributed by atoms with E-state index in [1.807, 2.05) is 0 Å². The van der Waals surface area contributed by atoms with Crippen LogP contribution < -0.4 is 5.32 Å². The van der Waals surface area contributed by atoms with Gasteiger partial charge in [-0.3, -0.25) is 14.5 Å². The fourth-order valence-corrected chi connectivity index (χ4v) is 5.15. The van der Waals surface area contributed by atoms with Crippen LogP contribution in [-0.4, -0.2) is 66.2 Å². The average Bonchev–Trinajstić information content (AvgIpc) is 3.15. The fourth-order valence-electron chi connectivity index (χ4n) is 5.15. The molecule has 4 rings (SSSR count). The second-order valence-corrected chi connectivity index (χ2v) is 9.33. The van der Waals surface area contributed by atoms with Gasteiger partial charge in [-0.1, -0.05) is 13.3 Å². The van der Waals surface area contributed by atoms with Crippen LogP contribution in [0.15, 0.2) is 24.3 Å². The first kappa shape index (κ1) is 22.2. The van der Waals surface area contributed by atoms with Gasteiger partial charge in [-0.25, -0.2) is 4.39 Å². The number of halogens is 1. The van der Waals surface area contributed by atoms with Gasteiger partial charge in [-0.15, -0.1) is 0 Å². The van der Waals surface area contributed by atoms with Crippen molar-refractivity contribution < 1.29 is 18.7 Å². The number of likely N-dealkylation sites (tertiary alicyclic amines) is 1. The molecule has 3 fully saturated rings. The maximum absolute atomic E-state index is 13.5. The predicted molar refractivity (Wildman–Crippen MR) is 116 cm³/mol. The van der Waals surface area contributed by atoms with Gasteiger partial charge in [0.2, 0.25) is 5.91 Å². The molecule has 1 spiro atoms. The zero-order valence-corrected chi connectivity index (χ0v) is 18.4. The minimum absolute atomic E-state index is 0.164. The molecule has 1 aromatic rings. The summed E-state index contributed by atoms with van der Waals surface area (Å²) in [7, 11) is 0. The van der Waals surface area contributed by atoms with Crippen molar-refractivity contribution in [3.63, 3.8) is 0 Å². The van der Waals surface area contributed by atoms with Crippen LogP contribution in [-0.2, 0) is 9.53 Å². The molecule has 1 N–H and O–H groups in total. The van der Waals surface area contributed by atoms with Crippen LogP contribution in [0.25, 0.3) is 0 Å². The smallest absolute Gasteiger partial charge is 0.256 e. The van der Waals surface area contributed by atoms with Crippen LogP contribution in [0.2, 0.25) is 0 Å². The lowest BCUT2D eigenvalue weighted by Gasteiger charge is -2.43. The van der Waals surface area contributed by atoms with Crippen molar-refractivity contribution >= 4 is 11.8 Å². The first-order valence-corrected chi connectivity index (χ1v) is 11.7.